The van der Waals surface area contributed by atoms with Crippen molar-refractivity contribution >= 4 is 49.2 Å². The van der Waals surface area contributed by atoms with Crippen LogP contribution in [0, 0.1) is 0 Å². The molecule has 0 bridgehead atoms. The zero-order valence-electron chi connectivity index (χ0n) is 15.2. The molecule has 3 aliphatic rings. The van der Waals surface area contributed by atoms with Crippen molar-refractivity contribution in [1.29, 1.82) is 0 Å². The van der Waals surface area contributed by atoms with Crippen LogP contribution < -0.4 is 9.91 Å². The van der Waals surface area contributed by atoms with Crippen molar-refractivity contribution in [2.24, 2.45) is 7.05 Å². The number of hydrogen-bond donors (Lipinski definition) is 0. The number of fused-ring (bicyclic) bond motifs is 4. The zero-order chi connectivity index (χ0) is 19.1. The Morgan fingerprint density at radius 1 is 1.15 bits per heavy atom. The Labute approximate surface area is 163 Å². The van der Waals surface area contributed by atoms with Gasteiger partial charge in [-0.2, -0.15) is 0 Å². The molecule has 1 aliphatic carbocycles. The van der Waals surface area contributed by atoms with Crippen LogP contribution in [0.25, 0.3) is 32.9 Å². The average molecular weight is 423 g/mol. The van der Waals surface area contributed by atoms with Crippen LogP contribution in [-0.2, 0) is 7.05 Å². The third kappa shape index (κ3) is 2.17. The zero-order valence-corrected chi connectivity index (χ0v) is 16.8. The molecule has 1 aromatic heterocycles. The van der Waals surface area contributed by atoms with Gasteiger partial charge in [0.1, 0.15) is 6.54 Å². The van der Waals surface area contributed by atoms with Gasteiger partial charge in [-0.25, -0.2) is 4.98 Å². The normalized spacial score (nSPS) is 15.8. The van der Waals surface area contributed by atoms with Gasteiger partial charge in [0.05, 0.1) is 36.1 Å². The van der Waals surface area contributed by atoms with E-state index in [9.17, 15) is 9.59 Å². The maximum absolute atomic E-state index is 13.4. The maximum Gasteiger partial charge on any atom is 0.249 e. The van der Waals surface area contributed by atoms with Crippen molar-refractivity contribution in [3.8, 4) is 11.1 Å². The fraction of sp³-hybridized carbons (Fsp3) is 0.190. The number of hydrogen-bond acceptors (Lipinski definition) is 3. The maximum atomic E-state index is 13.4. The van der Waals surface area contributed by atoms with E-state index in [2.05, 4.69) is 15.9 Å². The number of benzene rings is 2. The summed E-state index contributed by atoms with van der Waals surface area (Å²) >= 11 is 3.49. The number of aromatic nitrogens is 2. The highest BCUT2D eigenvalue weighted by Crippen LogP contribution is 2.42. The molecule has 0 saturated carbocycles. The second-order valence-electron chi connectivity index (χ2n) is 7.75. The van der Waals surface area contributed by atoms with Gasteiger partial charge in [0.25, 0.3) is 0 Å². The van der Waals surface area contributed by atoms with Gasteiger partial charge in [0, 0.05) is 40.4 Å². The molecule has 1 aromatic carbocycles. The Morgan fingerprint density at radius 3 is 2.70 bits per heavy atom. The number of carbonyl (C=O) groups is 1. The van der Waals surface area contributed by atoms with Crippen LogP contribution in [0.3, 0.4) is 0 Å². The third-order valence-corrected chi connectivity index (χ3v) is 5.92. The second-order valence-corrected chi connectivity index (χ2v) is 8.67. The molecule has 0 N–H and O–H groups in total. The van der Waals surface area contributed by atoms with Crippen LogP contribution in [-0.4, -0.2) is 36.0 Å². The lowest BCUT2D eigenvalue weighted by molar-refractivity contribution is 0.0957. The summed E-state index contributed by atoms with van der Waals surface area (Å²) in [6.45, 7) is 0.261. The molecule has 0 fully saturated rings. The van der Waals surface area contributed by atoms with E-state index < -0.39 is 0 Å². The number of quaternary nitrogens is 1. The Bertz CT molecular complexity index is 1340. The number of carbonyl (C=O) groups excluding carboxylic acids is 1. The molecule has 0 unspecified atom stereocenters. The van der Waals surface area contributed by atoms with Gasteiger partial charge in [0.15, 0.2) is 5.69 Å². The molecule has 27 heavy (non-hydrogen) atoms. The van der Waals surface area contributed by atoms with Crippen LogP contribution >= 0.6 is 15.9 Å². The van der Waals surface area contributed by atoms with E-state index in [0.717, 1.165) is 26.5 Å². The smallest absolute Gasteiger partial charge is 0.249 e. The summed E-state index contributed by atoms with van der Waals surface area (Å²) in [7, 11) is 5.73. The summed E-state index contributed by atoms with van der Waals surface area (Å²) in [6, 6.07) is 7.66. The number of ketones is 1. The second kappa shape index (κ2) is 5.24. The minimum Gasteiger partial charge on any atom is -0.356 e. The van der Waals surface area contributed by atoms with Gasteiger partial charge >= 0.3 is 0 Å². The molecule has 0 spiro atoms. The van der Waals surface area contributed by atoms with Gasteiger partial charge in [-0.1, -0.05) is 22.0 Å². The van der Waals surface area contributed by atoms with Crippen LogP contribution in [0.4, 0.5) is 5.69 Å². The van der Waals surface area contributed by atoms with Crippen LogP contribution in [0.5, 0.6) is 0 Å². The lowest BCUT2D eigenvalue weighted by atomic mass is 9.88. The fourth-order valence-corrected chi connectivity index (χ4v) is 4.62. The first-order valence-corrected chi connectivity index (χ1v) is 9.49. The number of rotatable bonds is 0. The molecular weight excluding hydrogens is 406 g/mol. The molecular formula is C21H17BrN3O2+. The standard InChI is InChI=1S/C21H17BrN3O2/c1-24-7-6-12-14(9-24)21(27)20-18-17(16(26)10-25(20,2)3)13-5-4-11(22)8-15(13)23-19(12)18/h4-9H,10H2,1-3H3/q+1. The molecule has 6 heteroatoms. The van der Waals surface area contributed by atoms with Gasteiger partial charge in [0.2, 0.25) is 11.2 Å². The molecule has 0 amide bonds. The van der Waals surface area contributed by atoms with E-state index in [4.69, 9.17) is 4.98 Å². The SMILES string of the molecule is Cn1ccc2c3nc4cc(Br)ccc4c4c3c(c(=O)c-2c1)[N+](C)(C)CC4=O. The van der Waals surface area contributed by atoms with Crippen molar-refractivity contribution in [3.63, 3.8) is 0 Å². The molecule has 3 heterocycles. The molecule has 0 atom stereocenters. The number of halogens is 1. The summed E-state index contributed by atoms with van der Waals surface area (Å²) in [5, 5.41) is 1.51. The number of pyridine rings is 2. The summed E-state index contributed by atoms with van der Waals surface area (Å²) < 4.78 is 3.01. The number of Topliss-reactive ketones (excluding diaryl/α,β-unsaturated/α-hetero) is 1. The summed E-state index contributed by atoms with van der Waals surface area (Å²) in [6.07, 6.45) is 3.75. The van der Waals surface area contributed by atoms with E-state index in [1.807, 2.05) is 62.4 Å². The lowest BCUT2D eigenvalue weighted by Crippen LogP contribution is -2.50. The highest BCUT2D eigenvalue weighted by molar-refractivity contribution is 9.10. The van der Waals surface area contributed by atoms with E-state index in [1.54, 1.807) is 0 Å². The van der Waals surface area contributed by atoms with Gasteiger partial charge in [-0.05, 0) is 18.2 Å². The summed E-state index contributed by atoms with van der Waals surface area (Å²) in [4.78, 5) is 31.5. The molecule has 5 rings (SSSR count). The van der Waals surface area contributed by atoms with Crippen molar-refractivity contribution in [1.82, 2.24) is 14.0 Å². The highest BCUT2D eigenvalue weighted by Gasteiger charge is 2.40. The van der Waals surface area contributed by atoms with E-state index >= 15 is 0 Å². The first-order valence-electron chi connectivity index (χ1n) is 8.69. The Hall–Kier alpha value is -2.57. The quantitative estimate of drug-likeness (QED) is 0.246. The van der Waals surface area contributed by atoms with Crippen molar-refractivity contribution in [3.05, 3.63) is 56.9 Å². The largest absolute Gasteiger partial charge is 0.356 e. The lowest BCUT2D eigenvalue weighted by Gasteiger charge is -2.34. The van der Waals surface area contributed by atoms with Crippen LogP contribution in [0.2, 0.25) is 0 Å². The van der Waals surface area contributed by atoms with Gasteiger partial charge < -0.3 is 4.57 Å². The topological polar surface area (TPSA) is 52.0 Å². The first-order chi connectivity index (χ1) is 12.8. The van der Waals surface area contributed by atoms with Crippen molar-refractivity contribution < 1.29 is 4.79 Å². The van der Waals surface area contributed by atoms with E-state index in [-0.39, 0.29) is 22.2 Å². The minimum absolute atomic E-state index is 0.0225. The highest BCUT2D eigenvalue weighted by atomic mass is 79.9. The molecule has 0 radical (unpaired) electrons. The summed E-state index contributed by atoms with van der Waals surface area (Å²) in [5.74, 6) is 0.0486. The van der Waals surface area contributed by atoms with Gasteiger partial charge in [-0.3, -0.25) is 14.1 Å². The van der Waals surface area contributed by atoms with Crippen molar-refractivity contribution in [2.45, 2.75) is 0 Å². The third-order valence-electron chi connectivity index (χ3n) is 5.42. The number of nitrogens with zero attached hydrogens (tertiary/aromatic N) is 3. The first kappa shape index (κ1) is 16.6. The van der Waals surface area contributed by atoms with Crippen molar-refractivity contribution in [2.75, 3.05) is 20.6 Å². The molecule has 2 aliphatic heterocycles. The average Bonchev–Trinajstić information content (AvgIpc) is 2.59. The molecule has 134 valence electrons. The molecule has 2 aromatic rings. The number of aryl methyl sites for hydroxylation is 1. The minimum atomic E-state index is -0.0225. The van der Waals surface area contributed by atoms with E-state index in [1.165, 1.54) is 0 Å². The monoisotopic (exact) mass is 422 g/mol. The Balaban J connectivity index is 2.17. The molecule has 0 saturated heterocycles. The van der Waals surface area contributed by atoms with Crippen LogP contribution in [0.1, 0.15) is 10.4 Å². The Kier molecular flexibility index (Phi) is 3.22. The predicted molar refractivity (Wildman–Crippen MR) is 112 cm³/mol. The van der Waals surface area contributed by atoms with Gasteiger partial charge in [-0.15, -0.1) is 0 Å². The predicted octanol–water partition coefficient (Wildman–Crippen LogP) is 3.72. The summed E-state index contributed by atoms with van der Waals surface area (Å²) in [5.41, 5.74) is 4.15. The van der Waals surface area contributed by atoms with Crippen LogP contribution in [0.15, 0.2) is 45.9 Å². The van der Waals surface area contributed by atoms with E-state index in [0.29, 0.717) is 22.2 Å². The molecule has 5 nitrogen and oxygen atoms in total. The fourth-order valence-electron chi connectivity index (χ4n) is 4.27. The number of likely N-dealkylation sites (N-methyl/N-ethyl adjacent to an activating group) is 1. The Morgan fingerprint density at radius 2 is 1.93 bits per heavy atom.